The van der Waals surface area contributed by atoms with E-state index in [-0.39, 0.29) is 28.7 Å². The summed E-state index contributed by atoms with van der Waals surface area (Å²) < 4.78 is 0. The number of aromatic nitrogens is 2. The molecule has 0 saturated carbocycles. The van der Waals surface area contributed by atoms with Crippen LogP contribution in [-0.2, 0) is 0 Å². The maximum absolute atomic E-state index is 12.3. The number of Topliss-reactive ketones (excluding diaryl/α,β-unsaturated/α-hetero) is 1. The SMILES string of the molecule is Cc1cccc(NC2=CC(=O)c3nccnc3C2=O)c1. The van der Waals surface area contributed by atoms with Crippen molar-refractivity contribution < 1.29 is 9.59 Å². The van der Waals surface area contributed by atoms with Gasteiger partial charge in [0.15, 0.2) is 0 Å². The van der Waals surface area contributed by atoms with E-state index >= 15 is 0 Å². The third kappa shape index (κ3) is 2.09. The highest BCUT2D eigenvalue weighted by Crippen LogP contribution is 2.20. The standard InChI is InChI=1S/C15H11N3O2/c1-9-3-2-4-10(7-9)18-11-8-12(19)13-14(15(11)20)17-6-5-16-13/h2-8,18H,1H3. The Morgan fingerprint density at radius 1 is 1.05 bits per heavy atom. The number of hydrogen-bond donors (Lipinski definition) is 1. The lowest BCUT2D eigenvalue weighted by atomic mass is 10.0. The van der Waals surface area contributed by atoms with Crippen LogP contribution in [0.4, 0.5) is 5.69 Å². The summed E-state index contributed by atoms with van der Waals surface area (Å²) in [6.45, 7) is 1.95. The molecule has 0 bridgehead atoms. The number of ketones is 2. The molecule has 0 atom stereocenters. The first-order chi connectivity index (χ1) is 9.65. The Balaban J connectivity index is 1.96. The zero-order chi connectivity index (χ0) is 14.1. The zero-order valence-electron chi connectivity index (χ0n) is 10.8. The molecule has 5 nitrogen and oxygen atoms in total. The monoisotopic (exact) mass is 265 g/mol. The van der Waals surface area contributed by atoms with E-state index in [4.69, 9.17) is 0 Å². The molecule has 1 aromatic carbocycles. The van der Waals surface area contributed by atoms with Gasteiger partial charge in [-0.3, -0.25) is 9.59 Å². The lowest BCUT2D eigenvalue weighted by Gasteiger charge is -2.15. The molecule has 3 rings (SSSR count). The molecule has 1 aliphatic carbocycles. The predicted molar refractivity (Wildman–Crippen MR) is 73.6 cm³/mol. The molecule has 1 aliphatic rings. The molecule has 1 aromatic heterocycles. The van der Waals surface area contributed by atoms with Gasteiger partial charge in [-0.2, -0.15) is 0 Å². The van der Waals surface area contributed by atoms with Crippen molar-refractivity contribution in [2.75, 3.05) is 5.32 Å². The van der Waals surface area contributed by atoms with Crippen LogP contribution in [0.5, 0.6) is 0 Å². The minimum atomic E-state index is -0.325. The van der Waals surface area contributed by atoms with Crippen LogP contribution in [0.15, 0.2) is 48.4 Å². The van der Waals surface area contributed by atoms with Gasteiger partial charge < -0.3 is 5.32 Å². The second kappa shape index (κ2) is 4.70. The van der Waals surface area contributed by atoms with Crippen molar-refractivity contribution in [1.82, 2.24) is 9.97 Å². The molecule has 5 heteroatoms. The first-order valence-electron chi connectivity index (χ1n) is 6.10. The topological polar surface area (TPSA) is 72.0 Å². The number of nitrogens with zero attached hydrogens (tertiary/aromatic N) is 2. The summed E-state index contributed by atoms with van der Waals surface area (Å²) in [7, 11) is 0. The first-order valence-corrected chi connectivity index (χ1v) is 6.10. The largest absolute Gasteiger partial charge is 0.352 e. The molecular formula is C15H11N3O2. The number of carbonyl (C=O) groups is 2. The fraction of sp³-hybridized carbons (Fsp3) is 0.0667. The Bertz CT molecular complexity index is 750. The average Bonchev–Trinajstić information content (AvgIpc) is 2.45. The van der Waals surface area contributed by atoms with Gasteiger partial charge in [0.2, 0.25) is 11.6 Å². The van der Waals surface area contributed by atoms with Crippen LogP contribution in [0, 0.1) is 6.92 Å². The number of benzene rings is 1. The number of allylic oxidation sites excluding steroid dienone is 2. The average molecular weight is 265 g/mol. The Labute approximate surface area is 115 Å². The number of rotatable bonds is 2. The molecule has 2 aromatic rings. The molecule has 0 radical (unpaired) electrons. The van der Waals surface area contributed by atoms with Gasteiger partial charge in [0, 0.05) is 24.2 Å². The van der Waals surface area contributed by atoms with Crippen molar-refractivity contribution in [2.24, 2.45) is 0 Å². The summed E-state index contributed by atoms with van der Waals surface area (Å²) >= 11 is 0. The quantitative estimate of drug-likeness (QED) is 0.900. The molecule has 0 aliphatic heterocycles. The van der Waals surface area contributed by atoms with E-state index in [0.29, 0.717) is 0 Å². The summed E-state index contributed by atoms with van der Waals surface area (Å²) in [4.78, 5) is 32.0. The van der Waals surface area contributed by atoms with E-state index in [0.717, 1.165) is 11.3 Å². The van der Waals surface area contributed by atoms with Crippen molar-refractivity contribution in [3.8, 4) is 0 Å². The number of anilines is 1. The number of nitrogens with one attached hydrogen (secondary N) is 1. The summed E-state index contributed by atoms with van der Waals surface area (Å²) in [5, 5.41) is 2.97. The van der Waals surface area contributed by atoms with Gasteiger partial charge in [0.25, 0.3) is 0 Å². The van der Waals surface area contributed by atoms with Crippen molar-refractivity contribution in [1.29, 1.82) is 0 Å². The van der Waals surface area contributed by atoms with Crippen molar-refractivity contribution in [2.45, 2.75) is 6.92 Å². The van der Waals surface area contributed by atoms with Gasteiger partial charge in [0.05, 0.1) is 5.70 Å². The Kier molecular flexibility index (Phi) is 2.87. The van der Waals surface area contributed by atoms with Gasteiger partial charge in [-0.25, -0.2) is 9.97 Å². The van der Waals surface area contributed by atoms with Gasteiger partial charge in [-0.05, 0) is 24.6 Å². The maximum atomic E-state index is 12.3. The summed E-state index contributed by atoms with van der Waals surface area (Å²) in [6.07, 6.45) is 4.07. The minimum absolute atomic E-state index is 0.0927. The van der Waals surface area contributed by atoms with Gasteiger partial charge >= 0.3 is 0 Å². The van der Waals surface area contributed by atoms with E-state index in [9.17, 15) is 9.59 Å². The third-order valence-corrected chi connectivity index (χ3v) is 2.96. The first kappa shape index (κ1) is 12.2. The van der Waals surface area contributed by atoms with Crippen molar-refractivity contribution >= 4 is 17.3 Å². The normalized spacial score (nSPS) is 13.8. The second-order valence-corrected chi connectivity index (χ2v) is 4.50. The highest BCUT2D eigenvalue weighted by molar-refractivity contribution is 6.23. The number of hydrogen-bond acceptors (Lipinski definition) is 5. The second-order valence-electron chi connectivity index (χ2n) is 4.50. The Morgan fingerprint density at radius 2 is 1.80 bits per heavy atom. The molecule has 0 spiro atoms. The Morgan fingerprint density at radius 3 is 2.55 bits per heavy atom. The maximum Gasteiger partial charge on any atom is 0.229 e. The fourth-order valence-corrected chi connectivity index (χ4v) is 2.05. The van der Waals surface area contributed by atoms with Crippen LogP contribution < -0.4 is 5.32 Å². The fourth-order valence-electron chi connectivity index (χ4n) is 2.05. The lowest BCUT2D eigenvalue weighted by Crippen LogP contribution is -2.23. The van der Waals surface area contributed by atoms with E-state index in [1.54, 1.807) is 0 Å². The van der Waals surface area contributed by atoms with Crippen LogP contribution >= 0.6 is 0 Å². The molecule has 1 N–H and O–H groups in total. The number of aryl methyl sites for hydroxylation is 1. The van der Waals surface area contributed by atoms with Gasteiger partial charge in [-0.15, -0.1) is 0 Å². The third-order valence-electron chi connectivity index (χ3n) is 2.96. The van der Waals surface area contributed by atoms with Gasteiger partial charge in [-0.1, -0.05) is 12.1 Å². The highest BCUT2D eigenvalue weighted by atomic mass is 16.1. The summed E-state index contributed by atoms with van der Waals surface area (Å²) in [5.74, 6) is -0.642. The highest BCUT2D eigenvalue weighted by Gasteiger charge is 2.27. The van der Waals surface area contributed by atoms with Crippen molar-refractivity contribution in [3.05, 3.63) is 65.4 Å². The smallest absolute Gasteiger partial charge is 0.229 e. The predicted octanol–water partition coefficient (Wildman–Crippen LogP) is 2.16. The molecule has 0 amide bonds. The number of carbonyl (C=O) groups excluding carboxylic acids is 2. The molecule has 98 valence electrons. The van der Waals surface area contributed by atoms with Crippen LogP contribution in [0.1, 0.15) is 26.5 Å². The van der Waals surface area contributed by atoms with Crippen LogP contribution in [0.3, 0.4) is 0 Å². The summed E-state index contributed by atoms with van der Waals surface area (Å²) in [6, 6.07) is 7.55. The van der Waals surface area contributed by atoms with Crippen LogP contribution in [-0.4, -0.2) is 21.5 Å². The van der Waals surface area contributed by atoms with Crippen LogP contribution in [0.2, 0.25) is 0 Å². The van der Waals surface area contributed by atoms with E-state index in [1.807, 2.05) is 31.2 Å². The van der Waals surface area contributed by atoms with Crippen molar-refractivity contribution in [3.63, 3.8) is 0 Å². The van der Waals surface area contributed by atoms with Gasteiger partial charge in [0.1, 0.15) is 11.4 Å². The lowest BCUT2D eigenvalue weighted by molar-refractivity contribution is 0.0978. The number of fused-ring (bicyclic) bond motifs is 1. The van der Waals surface area contributed by atoms with E-state index in [1.165, 1.54) is 18.5 Å². The molecule has 20 heavy (non-hydrogen) atoms. The Hall–Kier alpha value is -2.82. The molecule has 0 saturated heterocycles. The molecule has 1 heterocycles. The minimum Gasteiger partial charge on any atom is -0.352 e. The zero-order valence-corrected chi connectivity index (χ0v) is 10.8. The molecule has 0 unspecified atom stereocenters. The summed E-state index contributed by atoms with van der Waals surface area (Å²) in [5.41, 5.74) is 2.23. The van der Waals surface area contributed by atoms with E-state index in [2.05, 4.69) is 15.3 Å². The molecule has 0 fully saturated rings. The van der Waals surface area contributed by atoms with E-state index < -0.39 is 0 Å². The van der Waals surface area contributed by atoms with Crippen LogP contribution in [0.25, 0.3) is 0 Å². The molecular weight excluding hydrogens is 254 g/mol.